The number of hydrogen-bond donors (Lipinski definition) is 1. The van der Waals surface area contributed by atoms with Crippen LogP contribution in [-0.2, 0) is 9.53 Å². The van der Waals surface area contributed by atoms with Gasteiger partial charge in [0.1, 0.15) is 11.4 Å². The van der Waals surface area contributed by atoms with Gasteiger partial charge in [-0.05, 0) is 47.9 Å². The van der Waals surface area contributed by atoms with Gasteiger partial charge in [0.05, 0.1) is 5.70 Å². The Morgan fingerprint density at radius 2 is 2.00 bits per heavy atom. The Hall–Kier alpha value is -2.20. The number of methoxy groups -OCH3 is 1. The third-order valence-electron chi connectivity index (χ3n) is 4.03. The molecule has 1 aromatic rings. The van der Waals surface area contributed by atoms with Crippen LogP contribution >= 0.6 is 11.8 Å². The molecule has 2 aliphatic rings. The smallest absolute Gasteiger partial charge is 0.158 e. The second-order valence-electron chi connectivity index (χ2n) is 5.89. The van der Waals surface area contributed by atoms with Gasteiger partial charge in [0.15, 0.2) is 12.2 Å². The van der Waals surface area contributed by atoms with Crippen LogP contribution in [0.4, 0.5) is 0 Å². The fraction of sp³-hybridized carbons (Fsp3) is 0.263. The van der Waals surface area contributed by atoms with Crippen LogP contribution < -0.4 is 0 Å². The monoisotopic (exact) mass is 341 g/mol. The second kappa shape index (κ2) is 6.73. The first-order chi connectivity index (χ1) is 11.6. The maximum atomic E-state index is 11.4. The summed E-state index contributed by atoms with van der Waals surface area (Å²) in [5, 5.41) is 9.48. The largest absolute Gasteiger partial charge is 0.508 e. The highest BCUT2D eigenvalue weighted by Gasteiger charge is 2.40. The molecule has 0 amide bonds. The Kier molecular flexibility index (Phi) is 4.67. The van der Waals surface area contributed by atoms with E-state index in [1.807, 2.05) is 35.1 Å². The zero-order valence-electron chi connectivity index (χ0n) is 13.8. The number of allylic oxidation sites excluding steroid dienone is 3. The van der Waals surface area contributed by atoms with Crippen molar-refractivity contribution in [1.29, 1.82) is 0 Å². The average Bonchev–Trinajstić information content (AvgIpc) is 2.90. The van der Waals surface area contributed by atoms with Gasteiger partial charge in [-0.2, -0.15) is 0 Å². The molecule has 0 aliphatic carbocycles. The number of rotatable bonds is 4. The van der Waals surface area contributed by atoms with Crippen molar-refractivity contribution >= 4 is 17.7 Å². The predicted octanol–water partition coefficient (Wildman–Crippen LogP) is 3.85. The molecule has 0 spiro atoms. The Bertz CT molecular complexity index is 783. The molecule has 2 aliphatic heterocycles. The minimum Gasteiger partial charge on any atom is -0.508 e. The van der Waals surface area contributed by atoms with Crippen LogP contribution in [0.2, 0.25) is 0 Å². The molecular formula is C19H19NO3S. The molecule has 4 nitrogen and oxygen atoms in total. The normalized spacial score (nSPS) is 19.7. The van der Waals surface area contributed by atoms with E-state index in [1.54, 1.807) is 37.1 Å². The van der Waals surface area contributed by atoms with Crippen molar-refractivity contribution in [3.8, 4) is 5.75 Å². The number of nitrogens with zero attached hydrogens (tertiary/aromatic N) is 1. The number of hydrogen-bond acceptors (Lipinski definition) is 5. The lowest BCUT2D eigenvalue weighted by atomic mass is 10.0. The van der Waals surface area contributed by atoms with E-state index in [2.05, 4.69) is 13.8 Å². The molecule has 0 saturated heterocycles. The highest BCUT2D eigenvalue weighted by Crippen LogP contribution is 2.48. The maximum absolute atomic E-state index is 11.4. The lowest BCUT2D eigenvalue weighted by Crippen LogP contribution is -2.33. The first-order valence-corrected chi connectivity index (χ1v) is 8.55. The van der Waals surface area contributed by atoms with Crippen LogP contribution in [0.15, 0.2) is 69.3 Å². The summed E-state index contributed by atoms with van der Waals surface area (Å²) >= 11 is 1.62. The first-order valence-electron chi connectivity index (χ1n) is 7.73. The third kappa shape index (κ3) is 2.82. The number of aromatic hydroxyl groups is 1. The Labute approximate surface area is 145 Å². The molecule has 1 atom stereocenters. The molecule has 0 fully saturated rings. The number of phenolic OH excluding ortho intramolecular Hbond substituents is 1. The molecular weight excluding hydrogens is 322 g/mol. The predicted molar refractivity (Wildman–Crippen MR) is 94.9 cm³/mol. The van der Waals surface area contributed by atoms with Crippen LogP contribution in [0.25, 0.3) is 0 Å². The van der Waals surface area contributed by atoms with Gasteiger partial charge >= 0.3 is 0 Å². The summed E-state index contributed by atoms with van der Waals surface area (Å²) in [7, 11) is 1.65. The molecule has 3 rings (SSSR count). The number of carbonyl (C=O) groups excluding carboxylic acids is 1. The molecule has 0 bridgehead atoms. The second-order valence-corrected chi connectivity index (χ2v) is 6.98. The van der Waals surface area contributed by atoms with Crippen molar-refractivity contribution in [3.63, 3.8) is 0 Å². The van der Waals surface area contributed by atoms with Crippen molar-refractivity contribution in [2.24, 2.45) is 5.92 Å². The minimum atomic E-state index is -0.308. The van der Waals surface area contributed by atoms with Crippen molar-refractivity contribution < 1.29 is 14.6 Å². The van der Waals surface area contributed by atoms with E-state index in [1.165, 1.54) is 0 Å². The quantitative estimate of drug-likeness (QED) is 0.843. The molecule has 1 N–H and O–H groups in total. The van der Waals surface area contributed by atoms with Gasteiger partial charge in [0.2, 0.25) is 0 Å². The summed E-state index contributed by atoms with van der Waals surface area (Å²) in [6.07, 6.45) is 5.29. The molecule has 1 aromatic carbocycles. The van der Waals surface area contributed by atoms with E-state index in [0.717, 1.165) is 21.1 Å². The zero-order chi connectivity index (χ0) is 17.3. The fourth-order valence-corrected chi connectivity index (χ4v) is 4.20. The topological polar surface area (TPSA) is 49.8 Å². The van der Waals surface area contributed by atoms with Gasteiger partial charge in [0, 0.05) is 16.9 Å². The Morgan fingerprint density at radius 3 is 2.58 bits per heavy atom. The van der Waals surface area contributed by atoms with Crippen LogP contribution in [0.5, 0.6) is 5.75 Å². The van der Waals surface area contributed by atoms with Crippen molar-refractivity contribution in [2.75, 3.05) is 7.11 Å². The molecule has 0 saturated carbocycles. The zero-order valence-corrected chi connectivity index (χ0v) is 14.6. The summed E-state index contributed by atoms with van der Waals surface area (Å²) in [5.41, 5.74) is 2.56. The average molecular weight is 341 g/mol. The molecule has 1 unspecified atom stereocenters. The molecule has 0 radical (unpaired) electrons. The Balaban J connectivity index is 2.09. The fourth-order valence-electron chi connectivity index (χ4n) is 2.96. The van der Waals surface area contributed by atoms with Crippen molar-refractivity contribution in [2.45, 2.75) is 25.0 Å². The number of benzene rings is 1. The number of ether oxygens (including phenoxy) is 1. The van der Waals surface area contributed by atoms with Gasteiger partial charge in [-0.3, -0.25) is 0 Å². The molecule has 2 heterocycles. The standard InChI is InChI=1S/C19H19NO3S/c1-12(2)17-18(24-15-9-7-14(22)8-10-15)16-6-4-5-13(11-21)20(16)19(17)23-3/h4-10,12,19,22H,1-3H3. The lowest BCUT2D eigenvalue weighted by Gasteiger charge is -2.29. The van der Waals surface area contributed by atoms with Crippen molar-refractivity contribution in [3.05, 3.63) is 64.4 Å². The highest BCUT2D eigenvalue weighted by atomic mass is 32.2. The summed E-state index contributed by atoms with van der Waals surface area (Å²) in [4.78, 5) is 15.3. The molecule has 124 valence electrons. The van der Waals surface area contributed by atoms with Crippen LogP contribution in [0, 0.1) is 5.92 Å². The molecule has 24 heavy (non-hydrogen) atoms. The minimum absolute atomic E-state index is 0.242. The SMILES string of the molecule is COC1C(C(C)C)=C(Sc2ccc(O)cc2)C2=CC=CC(=C=O)N21. The summed E-state index contributed by atoms with van der Waals surface area (Å²) in [6, 6.07) is 7.10. The summed E-state index contributed by atoms with van der Waals surface area (Å²) < 4.78 is 5.71. The summed E-state index contributed by atoms with van der Waals surface area (Å²) in [5.74, 6) is 2.51. The number of thioether (sulfide) groups is 1. The van der Waals surface area contributed by atoms with E-state index in [-0.39, 0.29) is 17.9 Å². The first kappa shape index (κ1) is 16.7. The van der Waals surface area contributed by atoms with E-state index in [4.69, 9.17) is 4.74 Å². The number of phenols is 1. The van der Waals surface area contributed by atoms with Gasteiger partial charge in [-0.1, -0.05) is 31.7 Å². The van der Waals surface area contributed by atoms with Crippen molar-refractivity contribution in [1.82, 2.24) is 4.90 Å². The van der Waals surface area contributed by atoms with Crippen LogP contribution in [-0.4, -0.2) is 29.3 Å². The lowest BCUT2D eigenvalue weighted by molar-refractivity contribution is 0.0417. The van der Waals surface area contributed by atoms with Gasteiger partial charge in [-0.15, -0.1) is 0 Å². The van der Waals surface area contributed by atoms with Gasteiger partial charge in [-0.25, -0.2) is 4.79 Å². The van der Waals surface area contributed by atoms with E-state index in [0.29, 0.717) is 5.70 Å². The van der Waals surface area contributed by atoms with Crippen LogP contribution in [0.1, 0.15) is 13.8 Å². The number of fused-ring (bicyclic) bond motifs is 1. The molecule has 5 heteroatoms. The van der Waals surface area contributed by atoms with E-state index >= 15 is 0 Å². The Morgan fingerprint density at radius 1 is 1.29 bits per heavy atom. The van der Waals surface area contributed by atoms with E-state index < -0.39 is 0 Å². The maximum Gasteiger partial charge on any atom is 0.158 e. The molecule has 0 aromatic heterocycles. The van der Waals surface area contributed by atoms with Gasteiger partial charge in [0.25, 0.3) is 0 Å². The summed E-state index contributed by atoms with van der Waals surface area (Å²) in [6.45, 7) is 4.24. The van der Waals surface area contributed by atoms with Gasteiger partial charge < -0.3 is 14.7 Å². The highest BCUT2D eigenvalue weighted by molar-refractivity contribution is 8.03. The van der Waals surface area contributed by atoms with E-state index in [9.17, 15) is 9.90 Å². The third-order valence-corrected chi connectivity index (χ3v) is 5.19. The van der Waals surface area contributed by atoms with Crippen LogP contribution in [0.3, 0.4) is 0 Å².